The molecule has 0 amide bonds. The average Bonchev–Trinajstić information content (AvgIpc) is 2.81. The number of aliphatic hydroxyl groups is 3. The first-order valence-corrected chi connectivity index (χ1v) is 13.4. The molecule has 8 heteroatoms. The Hall–Kier alpha value is -2.55. The molecule has 0 saturated heterocycles. The minimum absolute atomic E-state index is 0.0101. The Labute approximate surface area is 227 Å². The van der Waals surface area contributed by atoms with Crippen molar-refractivity contribution in [3.8, 4) is 0 Å². The van der Waals surface area contributed by atoms with Crippen LogP contribution < -0.4 is 0 Å². The van der Waals surface area contributed by atoms with Gasteiger partial charge in [0.05, 0.1) is 18.6 Å². The number of Topliss-reactive ketones (excluding diaryl/α,β-unsaturated/α-hetero) is 1. The second-order valence-electron chi connectivity index (χ2n) is 10.6. The number of hydrogen-bond acceptors (Lipinski definition) is 8. The third kappa shape index (κ3) is 11.9. The number of cyclic esters (lactones) is 1. The fourth-order valence-electron chi connectivity index (χ4n) is 4.31. The van der Waals surface area contributed by atoms with E-state index in [0.29, 0.717) is 18.4 Å². The van der Waals surface area contributed by atoms with Gasteiger partial charge in [0.1, 0.15) is 17.8 Å². The Morgan fingerprint density at radius 1 is 1.26 bits per heavy atom. The van der Waals surface area contributed by atoms with Crippen molar-refractivity contribution in [1.82, 2.24) is 0 Å². The predicted molar refractivity (Wildman–Crippen MR) is 146 cm³/mol. The third-order valence-electron chi connectivity index (χ3n) is 6.68. The molecule has 0 aromatic carbocycles. The van der Waals surface area contributed by atoms with Crippen LogP contribution in [0, 0.1) is 11.8 Å². The summed E-state index contributed by atoms with van der Waals surface area (Å²) in [5.41, 5.74) is -0.111. The largest absolute Gasteiger partial charge is 0.457 e. The molecular weight excluding hydrogens is 488 g/mol. The van der Waals surface area contributed by atoms with Gasteiger partial charge in [0.15, 0.2) is 5.78 Å². The first kappa shape index (κ1) is 33.5. The van der Waals surface area contributed by atoms with Gasteiger partial charge < -0.3 is 24.8 Å². The SMILES string of the molecule is CCC(=O)C(C)=CC(O)CC(C)C=CC=C(C)C1OC(=O)CC(O)CCC(C)(O)C(OC(C)=O)C=CC1C. The van der Waals surface area contributed by atoms with Gasteiger partial charge in [0.25, 0.3) is 0 Å². The van der Waals surface area contributed by atoms with E-state index in [1.165, 1.54) is 13.8 Å². The van der Waals surface area contributed by atoms with Gasteiger partial charge in [-0.1, -0.05) is 45.1 Å². The van der Waals surface area contributed by atoms with E-state index < -0.39 is 42.0 Å². The zero-order chi connectivity index (χ0) is 29.0. The number of rotatable bonds is 9. The van der Waals surface area contributed by atoms with Crippen LogP contribution in [-0.4, -0.2) is 63.1 Å². The zero-order valence-corrected chi connectivity index (χ0v) is 23.8. The molecule has 0 bridgehead atoms. The topological polar surface area (TPSA) is 130 Å². The highest BCUT2D eigenvalue weighted by Crippen LogP contribution is 2.27. The van der Waals surface area contributed by atoms with Crippen LogP contribution in [0.3, 0.4) is 0 Å². The molecule has 8 nitrogen and oxygen atoms in total. The number of carbonyl (C=O) groups is 3. The molecule has 214 valence electrons. The first-order valence-electron chi connectivity index (χ1n) is 13.4. The highest BCUT2D eigenvalue weighted by molar-refractivity contribution is 5.94. The van der Waals surface area contributed by atoms with E-state index in [0.717, 1.165) is 5.57 Å². The van der Waals surface area contributed by atoms with E-state index in [2.05, 4.69) is 0 Å². The van der Waals surface area contributed by atoms with Gasteiger partial charge in [-0.25, -0.2) is 0 Å². The second kappa shape index (κ2) is 15.8. The van der Waals surface area contributed by atoms with Gasteiger partial charge in [0.2, 0.25) is 0 Å². The maximum Gasteiger partial charge on any atom is 0.309 e. The summed E-state index contributed by atoms with van der Waals surface area (Å²) in [7, 11) is 0. The number of carbonyl (C=O) groups excluding carboxylic acids is 3. The van der Waals surface area contributed by atoms with Gasteiger partial charge in [-0.15, -0.1) is 0 Å². The highest BCUT2D eigenvalue weighted by Gasteiger charge is 2.35. The lowest BCUT2D eigenvalue weighted by Gasteiger charge is -2.32. The van der Waals surface area contributed by atoms with Crippen molar-refractivity contribution in [3.05, 3.63) is 47.6 Å². The lowest BCUT2D eigenvalue weighted by molar-refractivity contribution is -0.157. The molecule has 0 aromatic rings. The summed E-state index contributed by atoms with van der Waals surface area (Å²) in [5, 5.41) is 31.5. The molecule has 38 heavy (non-hydrogen) atoms. The van der Waals surface area contributed by atoms with Crippen molar-refractivity contribution in [1.29, 1.82) is 0 Å². The van der Waals surface area contributed by atoms with E-state index in [4.69, 9.17) is 9.47 Å². The molecule has 0 aliphatic carbocycles. The van der Waals surface area contributed by atoms with Gasteiger partial charge in [-0.2, -0.15) is 0 Å². The molecule has 1 rings (SSSR count). The maximum atomic E-state index is 12.6. The van der Waals surface area contributed by atoms with E-state index >= 15 is 0 Å². The van der Waals surface area contributed by atoms with Gasteiger partial charge in [0, 0.05) is 19.3 Å². The van der Waals surface area contributed by atoms with Crippen LogP contribution in [0.1, 0.15) is 80.6 Å². The smallest absolute Gasteiger partial charge is 0.309 e. The van der Waals surface area contributed by atoms with Crippen molar-refractivity contribution in [2.45, 2.75) is 111 Å². The van der Waals surface area contributed by atoms with Gasteiger partial charge in [-0.05, 0) is 69.2 Å². The van der Waals surface area contributed by atoms with Crippen molar-refractivity contribution < 1.29 is 39.2 Å². The predicted octanol–water partition coefficient (Wildman–Crippen LogP) is 4.13. The summed E-state index contributed by atoms with van der Waals surface area (Å²) in [6.45, 7) is 11.9. The Morgan fingerprint density at radius 3 is 2.53 bits per heavy atom. The number of allylic oxidation sites excluding steroid dienone is 4. The lowest BCUT2D eigenvalue weighted by atomic mass is 9.88. The van der Waals surface area contributed by atoms with Crippen LogP contribution in [0.2, 0.25) is 0 Å². The van der Waals surface area contributed by atoms with E-state index in [1.54, 1.807) is 32.1 Å². The van der Waals surface area contributed by atoms with Crippen LogP contribution >= 0.6 is 0 Å². The molecule has 1 aliphatic heterocycles. The van der Waals surface area contributed by atoms with E-state index in [9.17, 15) is 29.7 Å². The minimum Gasteiger partial charge on any atom is -0.457 e. The summed E-state index contributed by atoms with van der Waals surface area (Å²) in [4.78, 5) is 35.9. The number of esters is 2. The van der Waals surface area contributed by atoms with Gasteiger partial charge >= 0.3 is 11.9 Å². The molecule has 0 aromatic heterocycles. The van der Waals surface area contributed by atoms with Crippen molar-refractivity contribution >= 4 is 17.7 Å². The maximum absolute atomic E-state index is 12.6. The van der Waals surface area contributed by atoms with Crippen LogP contribution in [0.4, 0.5) is 0 Å². The number of ether oxygens (including phenoxy) is 2. The molecule has 0 radical (unpaired) electrons. The van der Waals surface area contributed by atoms with Crippen molar-refractivity contribution in [2.75, 3.05) is 0 Å². The molecule has 1 heterocycles. The van der Waals surface area contributed by atoms with Crippen molar-refractivity contribution in [2.24, 2.45) is 11.8 Å². The molecular formula is C30H46O8. The number of aliphatic hydroxyl groups excluding tert-OH is 2. The summed E-state index contributed by atoms with van der Waals surface area (Å²) in [6, 6.07) is 0. The summed E-state index contributed by atoms with van der Waals surface area (Å²) < 4.78 is 11.1. The quantitative estimate of drug-likeness (QED) is 0.174. The summed E-state index contributed by atoms with van der Waals surface area (Å²) in [5.74, 6) is -1.37. The van der Waals surface area contributed by atoms with Crippen LogP contribution in [-0.2, 0) is 23.9 Å². The Morgan fingerprint density at radius 2 is 1.92 bits per heavy atom. The Balaban J connectivity index is 3.09. The molecule has 7 unspecified atom stereocenters. The molecule has 0 saturated carbocycles. The van der Waals surface area contributed by atoms with Crippen molar-refractivity contribution in [3.63, 3.8) is 0 Å². The third-order valence-corrected chi connectivity index (χ3v) is 6.68. The fourth-order valence-corrected chi connectivity index (χ4v) is 4.31. The standard InChI is InChI=1S/C30H46O8/c1-8-26(34)22(5)17-25(33)16-19(2)10-9-11-20(3)29-21(4)12-13-27(37-23(6)31)30(7,36)15-14-24(32)18-28(35)38-29/h9-13,17,19,21,24-25,27,29,32-33,36H,8,14-16,18H2,1-7H3. The minimum atomic E-state index is -1.42. The molecule has 0 spiro atoms. The highest BCUT2D eigenvalue weighted by atomic mass is 16.6. The Bertz CT molecular complexity index is 927. The summed E-state index contributed by atoms with van der Waals surface area (Å²) >= 11 is 0. The van der Waals surface area contributed by atoms with Crippen LogP contribution in [0.25, 0.3) is 0 Å². The first-order chi connectivity index (χ1) is 17.7. The molecule has 0 fully saturated rings. The van der Waals surface area contributed by atoms with E-state index in [-0.39, 0.29) is 36.9 Å². The lowest BCUT2D eigenvalue weighted by Crippen LogP contribution is -2.42. The van der Waals surface area contributed by atoms with E-state index in [1.807, 2.05) is 39.0 Å². The Kier molecular flexibility index (Phi) is 13.9. The average molecular weight is 535 g/mol. The van der Waals surface area contributed by atoms with Crippen LogP contribution in [0.5, 0.6) is 0 Å². The second-order valence-corrected chi connectivity index (χ2v) is 10.6. The summed E-state index contributed by atoms with van der Waals surface area (Å²) in [6.07, 6.45) is 8.11. The molecule has 1 aliphatic rings. The van der Waals surface area contributed by atoms with Crippen LogP contribution in [0.15, 0.2) is 47.6 Å². The number of hydrogen-bond donors (Lipinski definition) is 3. The fraction of sp³-hybridized carbons (Fsp3) is 0.633. The van der Waals surface area contributed by atoms with Gasteiger partial charge in [-0.3, -0.25) is 14.4 Å². The molecule has 3 N–H and O–H groups in total. The monoisotopic (exact) mass is 534 g/mol. The number of ketones is 1. The zero-order valence-electron chi connectivity index (χ0n) is 23.8. The normalized spacial score (nSPS) is 29.7. The molecule has 7 atom stereocenters.